The van der Waals surface area contributed by atoms with Crippen LogP contribution in [-0.2, 0) is 11.8 Å². The van der Waals surface area contributed by atoms with Crippen molar-refractivity contribution >= 4 is 27.7 Å². The van der Waals surface area contributed by atoms with Crippen LogP contribution < -0.4 is 10.9 Å². The highest BCUT2D eigenvalue weighted by molar-refractivity contribution is 9.10. The second-order valence-corrected chi connectivity index (χ2v) is 7.04. The van der Waals surface area contributed by atoms with E-state index in [1.807, 2.05) is 35.2 Å². The smallest absolute Gasteiger partial charge is 0.282 e. The summed E-state index contributed by atoms with van der Waals surface area (Å²) in [5.41, 5.74) is 6.93. The number of halogens is 1. The van der Waals surface area contributed by atoms with Gasteiger partial charge in [0.2, 0.25) is 5.91 Å². The Morgan fingerprint density at radius 1 is 1.16 bits per heavy atom. The Kier molecular flexibility index (Phi) is 5.55. The number of hydrazine groups is 1. The zero-order valence-corrected chi connectivity index (χ0v) is 15.6. The van der Waals surface area contributed by atoms with E-state index in [4.69, 9.17) is 0 Å². The molecule has 0 radical (unpaired) electrons. The van der Waals surface area contributed by atoms with Crippen molar-refractivity contribution in [2.24, 2.45) is 7.05 Å². The van der Waals surface area contributed by atoms with Gasteiger partial charge in [-0.3, -0.25) is 15.0 Å². The summed E-state index contributed by atoms with van der Waals surface area (Å²) in [4.78, 5) is 27.1. The van der Waals surface area contributed by atoms with E-state index in [9.17, 15) is 9.59 Å². The van der Waals surface area contributed by atoms with Gasteiger partial charge in [0.15, 0.2) is 0 Å². The molecule has 25 heavy (non-hydrogen) atoms. The summed E-state index contributed by atoms with van der Waals surface area (Å²) in [7, 11) is 1.80. The van der Waals surface area contributed by atoms with Crippen molar-refractivity contribution in [3.8, 4) is 0 Å². The maximum absolute atomic E-state index is 12.9. The van der Waals surface area contributed by atoms with Gasteiger partial charge < -0.3 is 9.47 Å². The van der Waals surface area contributed by atoms with Crippen molar-refractivity contribution in [1.82, 2.24) is 20.3 Å². The predicted molar refractivity (Wildman–Crippen MR) is 98.7 cm³/mol. The summed E-state index contributed by atoms with van der Waals surface area (Å²) in [6.07, 6.45) is 3.85. The molecule has 1 saturated heterocycles. The minimum absolute atomic E-state index is 0.0166. The molecule has 3 rings (SSSR count). The number of amides is 2. The number of aryl methyl sites for hydroxylation is 1. The second-order valence-electron chi connectivity index (χ2n) is 6.13. The Bertz CT molecular complexity index is 754. The van der Waals surface area contributed by atoms with Gasteiger partial charge >= 0.3 is 0 Å². The van der Waals surface area contributed by atoms with Gasteiger partial charge in [-0.25, -0.2) is 5.43 Å². The maximum Gasteiger partial charge on any atom is 0.282 e. The third-order valence-electron chi connectivity index (χ3n) is 4.33. The molecule has 2 aromatic rings. The second kappa shape index (κ2) is 7.84. The molecule has 0 aliphatic carbocycles. The predicted octanol–water partition coefficient (Wildman–Crippen LogP) is 2.39. The number of aromatic nitrogens is 1. The van der Waals surface area contributed by atoms with Crippen molar-refractivity contribution in [3.05, 3.63) is 58.3 Å². The molecule has 1 atom stereocenters. The van der Waals surface area contributed by atoms with Crippen LogP contribution in [0.15, 0.2) is 47.1 Å². The third-order valence-corrected chi connectivity index (χ3v) is 4.77. The Morgan fingerprint density at radius 2 is 1.84 bits per heavy atom. The highest BCUT2D eigenvalue weighted by Crippen LogP contribution is 2.19. The van der Waals surface area contributed by atoms with Crippen molar-refractivity contribution in [3.63, 3.8) is 0 Å². The first-order valence-electron chi connectivity index (χ1n) is 8.28. The lowest BCUT2D eigenvalue weighted by Gasteiger charge is -2.24. The van der Waals surface area contributed by atoms with Crippen LogP contribution in [0, 0.1) is 0 Å². The molecule has 132 valence electrons. The summed E-state index contributed by atoms with van der Waals surface area (Å²) < 4.78 is 2.55. The average molecular weight is 405 g/mol. The number of nitrogens with one attached hydrogen (secondary N) is 2. The van der Waals surface area contributed by atoms with E-state index in [0.29, 0.717) is 5.69 Å². The molecule has 1 aromatic carbocycles. The van der Waals surface area contributed by atoms with Crippen molar-refractivity contribution < 1.29 is 9.59 Å². The van der Waals surface area contributed by atoms with Gasteiger partial charge in [-0.15, -0.1) is 0 Å². The molecule has 2 heterocycles. The Balaban J connectivity index is 1.74. The molecule has 0 bridgehead atoms. The Morgan fingerprint density at radius 3 is 2.44 bits per heavy atom. The number of carbonyl (C=O) groups is 2. The molecular formula is C18H21BrN4O2. The summed E-state index contributed by atoms with van der Waals surface area (Å²) in [6.45, 7) is 1.53. The minimum atomic E-state index is -0.605. The van der Waals surface area contributed by atoms with Crippen LogP contribution in [0.1, 0.15) is 34.9 Å². The number of hydrogen-bond donors (Lipinski definition) is 2. The fourth-order valence-electron chi connectivity index (χ4n) is 3.00. The van der Waals surface area contributed by atoms with Crippen molar-refractivity contribution in [1.29, 1.82) is 0 Å². The lowest BCUT2D eigenvalue weighted by Crippen LogP contribution is -2.47. The van der Waals surface area contributed by atoms with E-state index >= 15 is 0 Å². The number of nitrogens with zero attached hydrogens (tertiary/aromatic N) is 2. The van der Waals surface area contributed by atoms with Crippen LogP contribution in [0.25, 0.3) is 0 Å². The van der Waals surface area contributed by atoms with Gasteiger partial charge in [-0.05, 0) is 40.4 Å². The molecule has 7 heteroatoms. The van der Waals surface area contributed by atoms with Gasteiger partial charge in [-0.1, -0.05) is 30.3 Å². The van der Waals surface area contributed by atoms with Gasteiger partial charge in [0, 0.05) is 30.8 Å². The zero-order valence-electron chi connectivity index (χ0n) is 14.0. The summed E-state index contributed by atoms with van der Waals surface area (Å²) in [5, 5.41) is 0. The molecule has 2 N–H and O–H groups in total. The monoisotopic (exact) mass is 404 g/mol. The van der Waals surface area contributed by atoms with E-state index in [-0.39, 0.29) is 11.8 Å². The van der Waals surface area contributed by atoms with Crippen LogP contribution in [0.2, 0.25) is 0 Å². The van der Waals surface area contributed by atoms with Crippen molar-refractivity contribution in [2.75, 3.05) is 13.1 Å². The fourth-order valence-corrected chi connectivity index (χ4v) is 3.53. The lowest BCUT2D eigenvalue weighted by atomic mass is 10.1. The van der Waals surface area contributed by atoms with Gasteiger partial charge in [0.1, 0.15) is 11.7 Å². The van der Waals surface area contributed by atoms with Gasteiger partial charge in [-0.2, -0.15) is 0 Å². The average Bonchev–Trinajstić information content (AvgIpc) is 3.25. The summed E-state index contributed by atoms with van der Waals surface area (Å²) in [5.74, 6) is -0.305. The third kappa shape index (κ3) is 4.11. The lowest BCUT2D eigenvalue weighted by molar-refractivity contribution is -0.132. The summed E-state index contributed by atoms with van der Waals surface area (Å²) >= 11 is 3.35. The van der Waals surface area contributed by atoms with Gasteiger partial charge in [0.05, 0.1) is 0 Å². The number of likely N-dealkylation sites (tertiary alicyclic amines) is 1. The highest BCUT2D eigenvalue weighted by Gasteiger charge is 2.28. The van der Waals surface area contributed by atoms with Crippen LogP contribution in [-0.4, -0.2) is 34.4 Å². The molecule has 6 nitrogen and oxygen atoms in total. The first kappa shape index (κ1) is 17.7. The minimum Gasteiger partial charge on any atom is -0.345 e. The van der Waals surface area contributed by atoms with Crippen LogP contribution in [0.5, 0.6) is 0 Å². The summed E-state index contributed by atoms with van der Waals surface area (Å²) in [6, 6.07) is 10.6. The molecule has 0 unspecified atom stereocenters. The largest absolute Gasteiger partial charge is 0.345 e. The van der Waals surface area contributed by atoms with Gasteiger partial charge in [0.25, 0.3) is 5.91 Å². The molecule has 1 fully saturated rings. The number of rotatable bonds is 5. The maximum atomic E-state index is 12.9. The first-order valence-corrected chi connectivity index (χ1v) is 9.07. The van der Waals surface area contributed by atoms with Crippen molar-refractivity contribution in [2.45, 2.75) is 18.9 Å². The first-order chi connectivity index (χ1) is 12.1. The Labute approximate surface area is 155 Å². The van der Waals surface area contributed by atoms with Crippen LogP contribution in [0.4, 0.5) is 0 Å². The number of carbonyl (C=O) groups excluding carboxylic acids is 2. The zero-order chi connectivity index (χ0) is 17.8. The molecular weight excluding hydrogens is 384 g/mol. The molecule has 1 aromatic heterocycles. The topological polar surface area (TPSA) is 66.4 Å². The molecule has 2 amide bonds. The SMILES string of the molecule is Cn1cc(Br)cc1C(=O)NN[C@@H](C(=O)N1CCCC1)c1ccccc1. The highest BCUT2D eigenvalue weighted by atomic mass is 79.9. The van der Waals surface area contributed by atoms with E-state index in [2.05, 4.69) is 26.8 Å². The standard InChI is InChI=1S/C18H21BrN4O2/c1-22-12-14(19)11-15(22)17(24)21-20-16(13-7-3-2-4-8-13)18(25)23-9-5-6-10-23/h2-4,7-8,11-12,16,20H,5-6,9-10H2,1H3,(H,21,24)/t16-/m1/s1. The van der Waals surface area contributed by atoms with E-state index < -0.39 is 6.04 Å². The molecule has 0 spiro atoms. The van der Waals surface area contributed by atoms with E-state index in [0.717, 1.165) is 36.0 Å². The Hall–Kier alpha value is -2.12. The fraction of sp³-hybridized carbons (Fsp3) is 0.333. The molecule has 1 aliphatic heterocycles. The quantitative estimate of drug-likeness (QED) is 0.751. The van der Waals surface area contributed by atoms with E-state index in [1.54, 1.807) is 23.9 Å². The molecule has 1 aliphatic rings. The number of hydrogen-bond acceptors (Lipinski definition) is 3. The van der Waals surface area contributed by atoms with E-state index in [1.165, 1.54) is 0 Å². The van der Waals surface area contributed by atoms with Crippen LogP contribution in [0.3, 0.4) is 0 Å². The normalized spacial score (nSPS) is 15.2. The van der Waals surface area contributed by atoms with Crippen LogP contribution >= 0.6 is 15.9 Å². The molecule has 0 saturated carbocycles. The number of benzene rings is 1.